The second kappa shape index (κ2) is 7.37. The third-order valence-electron chi connectivity index (χ3n) is 2.89. The van der Waals surface area contributed by atoms with Crippen LogP contribution >= 0.6 is 27.5 Å². The van der Waals surface area contributed by atoms with Gasteiger partial charge in [0, 0.05) is 29.0 Å². The van der Waals surface area contributed by atoms with Gasteiger partial charge in [0.05, 0.1) is 4.92 Å². The zero-order valence-corrected chi connectivity index (χ0v) is 13.7. The van der Waals surface area contributed by atoms with Crippen LogP contribution in [0.15, 0.2) is 35.1 Å². The molecule has 9 heteroatoms. The molecule has 1 aromatic carbocycles. The lowest BCUT2D eigenvalue weighted by Crippen LogP contribution is -2.24. The van der Waals surface area contributed by atoms with Crippen molar-refractivity contribution in [2.24, 2.45) is 0 Å². The van der Waals surface area contributed by atoms with Crippen molar-refractivity contribution in [3.8, 4) is 0 Å². The first-order valence-corrected chi connectivity index (χ1v) is 7.50. The molecule has 2 rings (SSSR count). The molecule has 22 heavy (non-hydrogen) atoms. The van der Waals surface area contributed by atoms with Gasteiger partial charge in [0.25, 0.3) is 0 Å². The minimum absolute atomic E-state index is 0.0953. The van der Waals surface area contributed by atoms with Gasteiger partial charge in [-0.15, -0.1) is 0 Å². The molecular weight excluding hydrogens is 376 g/mol. The monoisotopic (exact) mass is 386 g/mol. The summed E-state index contributed by atoms with van der Waals surface area (Å²) in [4.78, 5) is 21.8. The molecule has 0 spiro atoms. The SMILES string of the molecule is O=C(CCn1cc([N+](=O)[O-])cn1)NCc1ccc(Br)cc1Cl. The van der Waals surface area contributed by atoms with Gasteiger partial charge in [-0.1, -0.05) is 33.6 Å². The van der Waals surface area contributed by atoms with Crippen molar-refractivity contribution in [2.75, 3.05) is 0 Å². The quantitative estimate of drug-likeness (QED) is 0.609. The fourth-order valence-corrected chi connectivity index (χ4v) is 2.47. The van der Waals surface area contributed by atoms with Gasteiger partial charge in [0.15, 0.2) is 0 Å². The highest BCUT2D eigenvalue weighted by molar-refractivity contribution is 9.10. The summed E-state index contributed by atoms with van der Waals surface area (Å²) in [6.07, 6.45) is 2.62. The third-order valence-corrected chi connectivity index (χ3v) is 3.73. The van der Waals surface area contributed by atoms with Crippen LogP contribution in [0.1, 0.15) is 12.0 Å². The van der Waals surface area contributed by atoms with E-state index < -0.39 is 4.92 Å². The molecule has 0 saturated heterocycles. The molecule has 7 nitrogen and oxygen atoms in total. The third kappa shape index (κ3) is 4.54. The Kier molecular flexibility index (Phi) is 5.51. The van der Waals surface area contributed by atoms with Gasteiger partial charge in [-0.2, -0.15) is 5.10 Å². The van der Waals surface area contributed by atoms with Crippen LogP contribution in [0.3, 0.4) is 0 Å². The normalized spacial score (nSPS) is 10.5. The number of carbonyl (C=O) groups is 1. The summed E-state index contributed by atoms with van der Waals surface area (Å²) < 4.78 is 2.23. The van der Waals surface area contributed by atoms with Crippen LogP contribution in [-0.4, -0.2) is 20.6 Å². The summed E-state index contributed by atoms with van der Waals surface area (Å²) in [7, 11) is 0. The maximum atomic E-state index is 11.8. The highest BCUT2D eigenvalue weighted by Crippen LogP contribution is 2.21. The average molecular weight is 388 g/mol. The molecule has 1 amide bonds. The zero-order valence-electron chi connectivity index (χ0n) is 11.3. The van der Waals surface area contributed by atoms with Crippen LogP contribution < -0.4 is 5.32 Å². The van der Waals surface area contributed by atoms with Gasteiger partial charge in [-0.05, 0) is 17.7 Å². The Balaban J connectivity index is 1.81. The van der Waals surface area contributed by atoms with Crippen LogP contribution in [-0.2, 0) is 17.9 Å². The summed E-state index contributed by atoms with van der Waals surface area (Å²) in [6, 6.07) is 5.42. The van der Waals surface area contributed by atoms with Gasteiger partial charge in [-0.3, -0.25) is 19.6 Å². The summed E-state index contributed by atoms with van der Waals surface area (Å²) in [5.74, 6) is -0.183. The lowest BCUT2D eigenvalue weighted by atomic mass is 10.2. The number of hydrogen-bond donors (Lipinski definition) is 1. The molecule has 0 radical (unpaired) electrons. The largest absolute Gasteiger partial charge is 0.352 e. The first-order valence-electron chi connectivity index (χ1n) is 6.33. The Bertz CT molecular complexity index is 704. The highest BCUT2D eigenvalue weighted by Gasteiger charge is 2.10. The molecule has 1 aromatic heterocycles. The van der Waals surface area contributed by atoms with E-state index in [4.69, 9.17) is 11.6 Å². The van der Waals surface area contributed by atoms with Crippen molar-refractivity contribution in [2.45, 2.75) is 19.5 Å². The van der Waals surface area contributed by atoms with Crippen molar-refractivity contribution in [1.29, 1.82) is 0 Å². The standard InChI is InChI=1S/C13H12BrClN4O3/c14-10-2-1-9(12(15)5-10)6-16-13(20)3-4-18-8-11(7-17-18)19(21)22/h1-2,5,7-8H,3-4,6H2,(H,16,20). The van der Waals surface area contributed by atoms with E-state index in [9.17, 15) is 14.9 Å². The van der Waals surface area contributed by atoms with Crippen LogP contribution in [0, 0.1) is 10.1 Å². The number of carbonyl (C=O) groups excluding carboxylic acids is 1. The van der Waals surface area contributed by atoms with Crippen molar-refractivity contribution in [1.82, 2.24) is 15.1 Å². The summed E-state index contributed by atoms with van der Waals surface area (Å²) in [5.41, 5.74) is 0.718. The second-order valence-corrected chi connectivity index (χ2v) is 5.80. The van der Waals surface area contributed by atoms with Crippen molar-refractivity contribution < 1.29 is 9.72 Å². The summed E-state index contributed by atoms with van der Waals surface area (Å²) >= 11 is 9.37. The van der Waals surface area contributed by atoms with Crippen LogP contribution in [0.2, 0.25) is 5.02 Å². The number of amides is 1. The van der Waals surface area contributed by atoms with Crippen molar-refractivity contribution in [3.05, 3.63) is 55.8 Å². The van der Waals surface area contributed by atoms with E-state index in [0.29, 0.717) is 11.6 Å². The Hall–Kier alpha value is -1.93. The Morgan fingerprint density at radius 1 is 1.50 bits per heavy atom. The zero-order chi connectivity index (χ0) is 16.1. The smallest absolute Gasteiger partial charge is 0.306 e. The molecule has 0 aliphatic rings. The number of halogens is 2. The molecule has 0 aliphatic heterocycles. The molecular formula is C13H12BrClN4O3. The number of rotatable bonds is 6. The van der Waals surface area contributed by atoms with E-state index in [1.165, 1.54) is 10.9 Å². The first-order chi connectivity index (χ1) is 10.5. The maximum absolute atomic E-state index is 11.8. The molecule has 116 valence electrons. The van der Waals surface area contributed by atoms with E-state index in [0.717, 1.165) is 16.2 Å². The highest BCUT2D eigenvalue weighted by atomic mass is 79.9. The van der Waals surface area contributed by atoms with Gasteiger partial charge >= 0.3 is 5.69 Å². The fraction of sp³-hybridized carbons (Fsp3) is 0.231. The van der Waals surface area contributed by atoms with E-state index in [2.05, 4.69) is 26.3 Å². The average Bonchev–Trinajstić information content (AvgIpc) is 2.93. The van der Waals surface area contributed by atoms with E-state index >= 15 is 0 Å². The second-order valence-electron chi connectivity index (χ2n) is 4.48. The van der Waals surface area contributed by atoms with Crippen molar-refractivity contribution in [3.63, 3.8) is 0 Å². The number of aryl methyl sites for hydroxylation is 1. The predicted octanol–water partition coefficient (Wildman–Crippen LogP) is 2.91. The van der Waals surface area contributed by atoms with E-state index in [-0.39, 0.29) is 24.6 Å². The molecule has 1 N–H and O–H groups in total. The molecule has 0 saturated carbocycles. The Labute approximate surface area is 139 Å². The number of nitrogens with one attached hydrogen (secondary N) is 1. The molecule has 0 fully saturated rings. The van der Waals surface area contributed by atoms with Crippen LogP contribution in [0.4, 0.5) is 5.69 Å². The topological polar surface area (TPSA) is 90.1 Å². The molecule has 2 aromatic rings. The molecule has 0 aliphatic carbocycles. The predicted molar refractivity (Wildman–Crippen MR) is 84.5 cm³/mol. The lowest BCUT2D eigenvalue weighted by molar-refractivity contribution is -0.385. The van der Waals surface area contributed by atoms with Crippen LogP contribution in [0.5, 0.6) is 0 Å². The van der Waals surface area contributed by atoms with E-state index in [1.54, 1.807) is 6.07 Å². The summed E-state index contributed by atoms with van der Waals surface area (Å²) in [6.45, 7) is 0.595. The first kappa shape index (κ1) is 16.4. The lowest BCUT2D eigenvalue weighted by Gasteiger charge is -2.07. The fourth-order valence-electron chi connectivity index (χ4n) is 1.73. The Morgan fingerprint density at radius 2 is 2.27 bits per heavy atom. The number of benzene rings is 1. The van der Waals surface area contributed by atoms with Crippen LogP contribution in [0.25, 0.3) is 0 Å². The summed E-state index contributed by atoms with van der Waals surface area (Å²) in [5, 5.41) is 17.7. The minimum Gasteiger partial charge on any atom is -0.352 e. The molecule has 1 heterocycles. The number of nitro groups is 1. The van der Waals surface area contributed by atoms with E-state index in [1.807, 2.05) is 12.1 Å². The number of nitrogens with zero attached hydrogens (tertiary/aromatic N) is 3. The van der Waals surface area contributed by atoms with Gasteiger partial charge < -0.3 is 5.32 Å². The minimum atomic E-state index is -0.529. The van der Waals surface area contributed by atoms with Gasteiger partial charge in [0.2, 0.25) is 5.91 Å². The van der Waals surface area contributed by atoms with Crippen molar-refractivity contribution >= 4 is 39.1 Å². The molecule has 0 bridgehead atoms. The molecule has 0 atom stereocenters. The molecule has 0 unspecified atom stereocenters. The van der Waals surface area contributed by atoms with Gasteiger partial charge in [0.1, 0.15) is 12.4 Å². The maximum Gasteiger partial charge on any atom is 0.306 e. The number of hydrogen-bond acceptors (Lipinski definition) is 4. The Morgan fingerprint density at radius 3 is 2.91 bits per heavy atom. The van der Waals surface area contributed by atoms with Gasteiger partial charge in [-0.25, -0.2) is 0 Å². The number of aromatic nitrogens is 2.